The first-order valence-corrected chi connectivity index (χ1v) is 2.84. The Balaban J connectivity index is 2.88. The summed E-state index contributed by atoms with van der Waals surface area (Å²) < 4.78 is 4.73. The third-order valence-corrected chi connectivity index (χ3v) is 1.13. The number of nitrogens with zero attached hydrogens (tertiary/aromatic N) is 1. The van der Waals surface area contributed by atoms with Crippen LogP contribution in [-0.4, -0.2) is 22.9 Å². The number of Topliss-reactive ketones (excluding diaryl/α,β-unsaturated/α-hetero) is 1. The molecule has 1 N–H and O–H groups in total. The standard InChI is InChI=1S/C6H8N2O2/c1-4(9)5-3-7-6(8-5)10-2/h3H,1-2H3,(H,7,8). The number of imidazole rings is 1. The van der Waals surface area contributed by atoms with Crippen LogP contribution in [0.3, 0.4) is 0 Å². The summed E-state index contributed by atoms with van der Waals surface area (Å²) in [5.41, 5.74) is 0.469. The maximum Gasteiger partial charge on any atom is 0.293 e. The molecule has 4 nitrogen and oxygen atoms in total. The number of aromatic nitrogens is 2. The van der Waals surface area contributed by atoms with E-state index in [2.05, 4.69) is 9.97 Å². The first-order valence-electron chi connectivity index (χ1n) is 2.84. The number of ether oxygens (including phenoxy) is 1. The van der Waals surface area contributed by atoms with Gasteiger partial charge in [-0.25, -0.2) is 4.98 Å². The SMILES string of the molecule is COc1ncc(C(C)=O)[nH]1. The van der Waals surface area contributed by atoms with Crippen molar-refractivity contribution in [3.63, 3.8) is 0 Å². The number of methoxy groups -OCH3 is 1. The van der Waals surface area contributed by atoms with Crippen LogP contribution in [0.1, 0.15) is 17.4 Å². The van der Waals surface area contributed by atoms with Crippen LogP contribution in [0.25, 0.3) is 0 Å². The molecule has 0 unspecified atom stereocenters. The maximum absolute atomic E-state index is 10.6. The predicted molar refractivity (Wildman–Crippen MR) is 35.1 cm³/mol. The average Bonchev–Trinajstić information content (AvgIpc) is 2.34. The average molecular weight is 140 g/mol. The highest BCUT2D eigenvalue weighted by molar-refractivity contribution is 5.91. The van der Waals surface area contributed by atoms with Crippen molar-refractivity contribution < 1.29 is 9.53 Å². The van der Waals surface area contributed by atoms with Gasteiger partial charge in [0.15, 0.2) is 5.78 Å². The highest BCUT2D eigenvalue weighted by Crippen LogP contribution is 2.03. The molecule has 0 radical (unpaired) electrons. The quantitative estimate of drug-likeness (QED) is 0.612. The van der Waals surface area contributed by atoms with Crippen molar-refractivity contribution in [2.45, 2.75) is 6.92 Å². The van der Waals surface area contributed by atoms with E-state index in [9.17, 15) is 4.79 Å². The van der Waals surface area contributed by atoms with E-state index < -0.39 is 0 Å². The first-order chi connectivity index (χ1) is 4.74. The number of hydrogen-bond acceptors (Lipinski definition) is 3. The summed E-state index contributed by atoms with van der Waals surface area (Å²) in [5, 5.41) is 0. The molecular weight excluding hydrogens is 132 g/mol. The molecule has 0 aliphatic heterocycles. The number of carbonyl (C=O) groups excluding carboxylic acids is 1. The molecule has 1 aromatic rings. The molecule has 0 aliphatic rings. The zero-order valence-electron chi connectivity index (χ0n) is 5.84. The lowest BCUT2D eigenvalue weighted by Crippen LogP contribution is -1.91. The topological polar surface area (TPSA) is 55.0 Å². The van der Waals surface area contributed by atoms with Crippen LogP contribution in [0, 0.1) is 0 Å². The van der Waals surface area contributed by atoms with E-state index >= 15 is 0 Å². The number of nitrogens with one attached hydrogen (secondary N) is 1. The fraction of sp³-hybridized carbons (Fsp3) is 0.333. The molecule has 0 bridgehead atoms. The van der Waals surface area contributed by atoms with E-state index in [0.29, 0.717) is 11.7 Å². The first kappa shape index (κ1) is 6.80. The third-order valence-electron chi connectivity index (χ3n) is 1.13. The monoisotopic (exact) mass is 140 g/mol. The van der Waals surface area contributed by atoms with Crippen molar-refractivity contribution in [3.8, 4) is 6.01 Å². The molecule has 0 saturated heterocycles. The van der Waals surface area contributed by atoms with Crippen LogP contribution in [0.15, 0.2) is 6.20 Å². The fourth-order valence-corrected chi connectivity index (χ4v) is 0.586. The van der Waals surface area contributed by atoms with Crippen molar-refractivity contribution in [2.24, 2.45) is 0 Å². The Hall–Kier alpha value is -1.32. The van der Waals surface area contributed by atoms with Gasteiger partial charge in [0.1, 0.15) is 5.69 Å². The molecule has 10 heavy (non-hydrogen) atoms. The van der Waals surface area contributed by atoms with Gasteiger partial charge in [-0.3, -0.25) is 4.79 Å². The number of carbonyl (C=O) groups is 1. The van der Waals surface area contributed by atoms with Crippen LogP contribution in [0.2, 0.25) is 0 Å². The summed E-state index contributed by atoms with van der Waals surface area (Å²) in [6.07, 6.45) is 1.45. The lowest BCUT2D eigenvalue weighted by molar-refractivity contribution is 0.101. The zero-order valence-corrected chi connectivity index (χ0v) is 5.84. The Bertz CT molecular complexity index is 242. The molecule has 0 saturated carbocycles. The van der Waals surface area contributed by atoms with Crippen molar-refractivity contribution >= 4 is 5.78 Å². The molecule has 4 heteroatoms. The minimum atomic E-state index is -0.0456. The fourth-order valence-electron chi connectivity index (χ4n) is 0.586. The van der Waals surface area contributed by atoms with E-state index in [1.165, 1.54) is 20.2 Å². The van der Waals surface area contributed by atoms with Crippen molar-refractivity contribution in [3.05, 3.63) is 11.9 Å². The highest BCUT2D eigenvalue weighted by Gasteiger charge is 2.02. The summed E-state index contributed by atoms with van der Waals surface area (Å²) in [6, 6.07) is 0.366. The zero-order chi connectivity index (χ0) is 7.56. The van der Waals surface area contributed by atoms with Crippen molar-refractivity contribution in [2.75, 3.05) is 7.11 Å². The minimum Gasteiger partial charge on any atom is -0.468 e. The smallest absolute Gasteiger partial charge is 0.293 e. The maximum atomic E-state index is 10.6. The van der Waals surface area contributed by atoms with Gasteiger partial charge in [-0.05, 0) is 0 Å². The Labute approximate surface area is 58.2 Å². The number of aromatic amines is 1. The van der Waals surface area contributed by atoms with Gasteiger partial charge in [0.2, 0.25) is 0 Å². The summed E-state index contributed by atoms with van der Waals surface area (Å²) in [7, 11) is 1.49. The molecule has 1 heterocycles. The lowest BCUT2D eigenvalue weighted by atomic mass is 10.3. The molecule has 0 aromatic carbocycles. The summed E-state index contributed by atoms with van der Waals surface area (Å²) >= 11 is 0. The van der Waals surface area contributed by atoms with Gasteiger partial charge in [-0.2, -0.15) is 0 Å². The van der Waals surface area contributed by atoms with Gasteiger partial charge in [-0.15, -0.1) is 0 Å². The van der Waals surface area contributed by atoms with Gasteiger partial charge in [-0.1, -0.05) is 0 Å². The number of ketones is 1. The van der Waals surface area contributed by atoms with Gasteiger partial charge >= 0.3 is 0 Å². The van der Waals surface area contributed by atoms with Crippen molar-refractivity contribution in [1.29, 1.82) is 0 Å². The Kier molecular flexibility index (Phi) is 1.71. The summed E-state index contributed by atoms with van der Waals surface area (Å²) in [6.45, 7) is 1.47. The van der Waals surface area contributed by atoms with Gasteiger partial charge in [0, 0.05) is 6.92 Å². The lowest BCUT2D eigenvalue weighted by Gasteiger charge is -1.88. The van der Waals surface area contributed by atoms with Crippen molar-refractivity contribution in [1.82, 2.24) is 9.97 Å². The molecule has 1 aromatic heterocycles. The Morgan fingerprint density at radius 2 is 2.50 bits per heavy atom. The summed E-state index contributed by atoms with van der Waals surface area (Å²) in [5.74, 6) is -0.0456. The molecule has 0 fully saturated rings. The molecule has 1 rings (SSSR count). The second kappa shape index (κ2) is 2.51. The number of hydrogen-bond donors (Lipinski definition) is 1. The van der Waals surface area contributed by atoms with E-state index in [1.807, 2.05) is 0 Å². The van der Waals surface area contributed by atoms with Gasteiger partial charge in [0.25, 0.3) is 6.01 Å². The molecule has 0 amide bonds. The minimum absolute atomic E-state index is 0.0456. The predicted octanol–water partition coefficient (Wildman–Crippen LogP) is 0.621. The van der Waals surface area contributed by atoms with Crippen LogP contribution >= 0.6 is 0 Å². The highest BCUT2D eigenvalue weighted by atomic mass is 16.5. The Morgan fingerprint density at radius 1 is 1.80 bits per heavy atom. The number of rotatable bonds is 2. The van der Waals surface area contributed by atoms with E-state index in [-0.39, 0.29) is 5.78 Å². The van der Waals surface area contributed by atoms with E-state index in [0.717, 1.165) is 0 Å². The van der Waals surface area contributed by atoms with Crippen LogP contribution in [0.4, 0.5) is 0 Å². The molecule has 54 valence electrons. The van der Waals surface area contributed by atoms with Crippen LogP contribution < -0.4 is 4.74 Å². The normalized spacial score (nSPS) is 9.40. The largest absolute Gasteiger partial charge is 0.468 e. The second-order valence-electron chi connectivity index (χ2n) is 1.86. The molecule has 0 spiro atoms. The number of H-pyrrole nitrogens is 1. The van der Waals surface area contributed by atoms with Gasteiger partial charge in [0.05, 0.1) is 13.3 Å². The molecule has 0 atom stereocenters. The second-order valence-corrected chi connectivity index (χ2v) is 1.86. The van der Waals surface area contributed by atoms with E-state index in [1.54, 1.807) is 0 Å². The molecular formula is C6H8N2O2. The van der Waals surface area contributed by atoms with E-state index in [4.69, 9.17) is 4.74 Å². The Morgan fingerprint density at radius 3 is 2.80 bits per heavy atom. The summed E-state index contributed by atoms with van der Waals surface area (Å²) in [4.78, 5) is 17.1. The molecule has 0 aliphatic carbocycles. The van der Waals surface area contributed by atoms with Crippen LogP contribution in [-0.2, 0) is 0 Å². The third kappa shape index (κ3) is 1.15. The van der Waals surface area contributed by atoms with Gasteiger partial charge < -0.3 is 9.72 Å². The van der Waals surface area contributed by atoms with Crippen LogP contribution in [0.5, 0.6) is 6.01 Å².